The largest absolute Gasteiger partial charge is 0.497 e. The van der Waals surface area contributed by atoms with Gasteiger partial charge in [0.05, 0.1) is 18.2 Å². The first-order valence-corrected chi connectivity index (χ1v) is 8.76. The summed E-state index contributed by atoms with van der Waals surface area (Å²) in [5.41, 5.74) is 0.211. The van der Waals surface area contributed by atoms with Crippen LogP contribution in [0.2, 0.25) is 0 Å². The van der Waals surface area contributed by atoms with Gasteiger partial charge in [-0.15, -0.1) is 0 Å². The fourth-order valence-corrected chi connectivity index (χ4v) is 3.36. The van der Waals surface area contributed by atoms with Gasteiger partial charge >= 0.3 is 5.97 Å². The number of carbonyl (C=O) groups is 2. The van der Waals surface area contributed by atoms with E-state index in [1.165, 1.54) is 0 Å². The maximum Gasteiger partial charge on any atom is 0.311 e. The van der Waals surface area contributed by atoms with Crippen LogP contribution in [0.1, 0.15) is 42.6 Å². The van der Waals surface area contributed by atoms with Crippen molar-refractivity contribution >= 4 is 11.9 Å². The molecule has 1 amide bonds. The highest BCUT2D eigenvalue weighted by atomic mass is 16.5. The molecule has 7 heteroatoms. The number of carboxylic acid groups (broad SMARTS) is 1. The van der Waals surface area contributed by atoms with E-state index in [0.717, 1.165) is 30.7 Å². The maximum absolute atomic E-state index is 12.4. The van der Waals surface area contributed by atoms with Gasteiger partial charge in [-0.05, 0) is 43.2 Å². The molecule has 2 aromatic rings. The molecule has 2 N–H and O–H groups in total. The highest BCUT2D eigenvalue weighted by Crippen LogP contribution is 2.36. The molecule has 1 heterocycles. The van der Waals surface area contributed by atoms with Crippen LogP contribution in [0.4, 0.5) is 0 Å². The second-order valence-corrected chi connectivity index (χ2v) is 6.67. The molecule has 0 spiro atoms. The highest BCUT2D eigenvalue weighted by Gasteiger charge is 2.39. The van der Waals surface area contributed by atoms with E-state index in [2.05, 4.69) is 10.4 Å². The molecular weight excluding hydrogens is 334 g/mol. The predicted octanol–water partition coefficient (Wildman–Crippen LogP) is 2.65. The van der Waals surface area contributed by atoms with Crippen LogP contribution in [0.15, 0.2) is 36.5 Å². The Bertz CT molecular complexity index is 776. The number of carboxylic acids is 1. The van der Waals surface area contributed by atoms with Crippen LogP contribution in [0.3, 0.4) is 0 Å². The van der Waals surface area contributed by atoms with Crippen molar-refractivity contribution in [2.45, 2.75) is 32.1 Å². The Morgan fingerprint density at radius 3 is 2.50 bits per heavy atom. The lowest BCUT2D eigenvalue weighted by atomic mass is 9.74. The Morgan fingerprint density at radius 2 is 1.88 bits per heavy atom. The highest BCUT2D eigenvalue weighted by molar-refractivity contribution is 5.92. The van der Waals surface area contributed by atoms with Gasteiger partial charge in [0.1, 0.15) is 5.75 Å². The molecule has 1 saturated carbocycles. The molecule has 1 aliphatic rings. The van der Waals surface area contributed by atoms with Crippen molar-refractivity contribution in [2.24, 2.45) is 5.41 Å². The van der Waals surface area contributed by atoms with Crippen LogP contribution in [0.5, 0.6) is 5.75 Å². The van der Waals surface area contributed by atoms with Crippen molar-refractivity contribution in [1.29, 1.82) is 0 Å². The summed E-state index contributed by atoms with van der Waals surface area (Å²) in [5, 5.41) is 16.6. The van der Waals surface area contributed by atoms with E-state index < -0.39 is 11.4 Å². The van der Waals surface area contributed by atoms with Crippen LogP contribution in [0, 0.1) is 5.41 Å². The zero-order chi connectivity index (χ0) is 18.6. The van der Waals surface area contributed by atoms with E-state index in [4.69, 9.17) is 4.74 Å². The number of rotatable bonds is 6. The van der Waals surface area contributed by atoms with Crippen molar-refractivity contribution in [2.75, 3.05) is 13.7 Å². The molecule has 0 saturated heterocycles. The third-order valence-corrected chi connectivity index (χ3v) is 5.01. The number of nitrogens with one attached hydrogen (secondary N) is 1. The number of carbonyl (C=O) groups excluding carboxylic acids is 1. The molecule has 26 heavy (non-hydrogen) atoms. The molecule has 0 unspecified atom stereocenters. The Hall–Kier alpha value is -2.83. The third-order valence-electron chi connectivity index (χ3n) is 5.01. The van der Waals surface area contributed by atoms with Crippen molar-refractivity contribution in [3.05, 3.63) is 42.2 Å². The first-order valence-electron chi connectivity index (χ1n) is 8.76. The van der Waals surface area contributed by atoms with E-state index in [0.29, 0.717) is 12.8 Å². The minimum atomic E-state index is -0.855. The van der Waals surface area contributed by atoms with Gasteiger partial charge < -0.3 is 15.2 Å². The maximum atomic E-state index is 12.4. The quantitative estimate of drug-likeness (QED) is 0.829. The van der Waals surface area contributed by atoms with E-state index in [-0.39, 0.29) is 18.1 Å². The first kappa shape index (κ1) is 18.0. The lowest BCUT2D eigenvalue weighted by Gasteiger charge is -2.33. The molecule has 1 fully saturated rings. The fourth-order valence-electron chi connectivity index (χ4n) is 3.36. The molecule has 138 valence electrons. The molecule has 1 aromatic carbocycles. The van der Waals surface area contributed by atoms with E-state index in [1.807, 2.05) is 24.3 Å². The van der Waals surface area contributed by atoms with Gasteiger partial charge in [0.15, 0.2) is 5.69 Å². The average Bonchev–Trinajstić information content (AvgIpc) is 3.17. The summed E-state index contributed by atoms with van der Waals surface area (Å²) in [4.78, 5) is 24.1. The lowest BCUT2D eigenvalue weighted by molar-refractivity contribution is -0.150. The molecule has 0 radical (unpaired) electrons. The summed E-state index contributed by atoms with van der Waals surface area (Å²) in [7, 11) is 1.60. The van der Waals surface area contributed by atoms with Gasteiger partial charge in [-0.3, -0.25) is 9.59 Å². The summed E-state index contributed by atoms with van der Waals surface area (Å²) in [6, 6.07) is 8.94. The van der Waals surface area contributed by atoms with Crippen LogP contribution >= 0.6 is 0 Å². The third kappa shape index (κ3) is 3.71. The summed E-state index contributed by atoms with van der Waals surface area (Å²) >= 11 is 0. The second-order valence-electron chi connectivity index (χ2n) is 6.67. The van der Waals surface area contributed by atoms with Crippen LogP contribution in [0.25, 0.3) is 5.69 Å². The number of aliphatic carboxylic acids is 1. The number of benzene rings is 1. The molecule has 3 rings (SSSR count). The number of nitrogens with zero attached hydrogens (tertiary/aromatic N) is 2. The summed E-state index contributed by atoms with van der Waals surface area (Å²) in [6.07, 6.45) is 5.72. The zero-order valence-corrected chi connectivity index (χ0v) is 14.8. The number of amides is 1. The van der Waals surface area contributed by atoms with Gasteiger partial charge in [-0.1, -0.05) is 19.3 Å². The smallest absolute Gasteiger partial charge is 0.311 e. The summed E-state index contributed by atoms with van der Waals surface area (Å²) in [5.74, 6) is -0.449. The van der Waals surface area contributed by atoms with Crippen LogP contribution < -0.4 is 10.1 Å². The van der Waals surface area contributed by atoms with Gasteiger partial charge in [0.25, 0.3) is 5.91 Å². The first-order chi connectivity index (χ1) is 12.5. The molecule has 0 aliphatic heterocycles. The number of methoxy groups -OCH3 is 1. The summed E-state index contributed by atoms with van der Waals surface area (Å²) < 4.78 is 6.72. The topological polar surface area (TPSA) is 93.5 Å². The SMILES string of the molecule is COc1ccc(-n2ccc(C(=O)NCC3(C(=O)O)CCCCC3)n2)cc1. The number of hydrogen-bond acceptors (Lipinski definition) is 4. The summed E-state index contributed by atoms with van der Waals surface area (Å²) in [6.45, 7) is 0.135. The standard InChI is InChI=1S/C19H23N3O4/c1-26-15-7-5-14(6-8-15)22-12-9-16(21-22)17(23)20-13-19(18(24)25)10-3-2-4-11-19/h5-9,12H,2-4,10-11,13H2,1H3,(H,20,23)(H,24,25). The molecule has 0 bridgehead atoms. The Labute approximate surface area is 152 Å². The second kappa shape index (κ2) is 7.59. The number of hydrogen-bond donors (Lipinski definition) is 2. The van der Waals surface area contributed by atoms with Crippen molar-refractivity contribution in [3.63, 3.8) is 0 Å². The molecule has 1 aromatic heterocycles. The van der Waals surface area contributed by atoms with Crippen LogP contribution in [-0.2, 0) is 4.79 Å². The minimum Gasteiger partial charge on any atom is -0.497 e. The predicted molar refractivity (Wildman–Crippen MR) is 95.6 cm³/mol. The van der Waals surface area contributed by atoms with E-state index in [1.54, 1.807) is 24.1 Å². The lowest BCUT2D eigenvalue weighted by Crippen LogP contribution is -2.44. The van der Waals surface area contributed by atoms with Gasteiger partial charge in [-0.25, -0.2) is 4.68 Å². The average molecular weight is 357 g/mol. The van der Waals surface area contributed by atoms with Crippen molar-refractivity contribution in [3.8, 4) is 11.4 Å². The molecule has 0 atom stereocenters. The van der Waals surface area contributed by atoms with Gasteiger partial charge in [0.2, 0.25) is 0 Å². The number of aromatic nitrogens is 2. The normalized spacial score (nSPS) is 16.0. The van der Waals surface area contributed by atoms with Gasteiger partial charge in [-0.2, -0.15) is 5.10 Å². The molecule has 1 aliphatic carbocycles. The van der Waals surface area contributed by atoms with Crippen molar-refractivity contribution in [1.82, 2.24) is 15.1 Å². The van der Waals surface area contributed by atoms with E-state index >= 15 is 0 Å². The number of ether oxygens (including phenoxy) is 1. The fraction of sp³-hybridized carbons (Fsp3) is 0.421. The van der Waals surface area contributed by atoms with Crippen LogP contribution in [-0.4, -0.2) is 40.4 Å². The monoisotopic (exact) mass is 357 g/mol. The molecule has 7 nitrogen and oxygen atoms in total. The minimum absolute atomic E-state index is 0.135. The Balaban J connectivity index is 1.66. The zero-order valence-electron chi connectivity index (χ0n) is 14.8. The van der Waals surface area contributed by atoms with E-state index in [9.17, 15) is 14.7 Å². The van der Waals surface area contributed by atoms with Crippen molar-refractivity contribution < 1.29 is 19.4 Å². The Kier molecular flexibility index (Phi) is 5.25. The Morgan fingerprint density at radius 1 is 1.19 bits per heavy atom. The van der Waals surface area contributed by atoms with Gasteiger partial charge in [0, 0.05) is 12.7 Å². The molecular formula is C19H23N3O4.